The first-order valence-electron chi connectivity index (χ1n) is 9.97. The van der Waals surface area contributed by atoms with Crippen LogP contribution in [0.4, 0.5) is 5.69 Å². The van der Waals surface area contributed by atoms with Crippen LogP contribution in [0.3, 0.4) is 0 Å². The van der Waals surface area contributed by atoms with Gasteiger partial charge in [-0.2, -0.15) is 0 Å². The summed E-state index contributed by atoms with van der Waals surface area (Å²) < 4.78 is 7.42. The van der Waals surface area contributed by atoms with E-state index in [0.29, 0.717) is 5.92 Å². The van der Waals surface area contributed by atoms with Crippen LogP contribution < -0.4 is 10.1 Å². The number of methoxy groups -OCH3 is 1. The molecular weight excluding hydrogens is 368 g/mol. The van der Waals surface area contributed by atoms with Crippen LogP contribution in [-0.2, 0) is 6.54 Å². The summed E-state index contributed by atoms with van der Waals surface area (Å²) in [5.41, 5.74) is 2.16. The van der Waals surface area contributed by atoms with E-state index in [1.165, 1.54) is 12.8 Å². The molecule has 1 N–H and O–H groups in total. The lowest BCUT2D eigenvalue weighted by Crippen LogP contribution is -2.39. The predicted octanol–water partition coefficient (Wildman–Crippen LogP) is 4.65. The van der Waals surface area contributed by atoms with E-state index in [1.807, 2.05) is 36.9 Å². The number of thiocarbonyl (C=S) groups is 1. The monoisotopic (exact) mass is 398 g/mol. The van der Waals surface area contributed by atoms with Crippen molar-refractivity contribution in [3.63, 3.8) is 0 Å². The molecular formula is C22H30N4OS. The number of anilines is 1. The molecule has 1 atom stereocenters. The number of aryl methyl sites for hydroxylation is 2. The first-order chi connectivity index (χ1) is 13.7. The topological polar surface area (TPSA) is 42.3 Å². The van der Waals surface area contributed by atoms with Crippen molar-refractivity contribution in [1.82, 2.24) is 14.5 Å². The Kier molecular flexibility index (Phi) is 7.48. The molecule has 1 aliphatic rings. The third-order valence-corrected chi connectivity index (χ3v) is 5.58. The standard InChI is InChI=1S/C22H30N4OS/c1-18-15-20(27-2)9-10-21(18)24-22(28)26(16-19-7-4-3-5-8-19)13-6-12-25-14-11-23-17-25/h3-4,9-11,14-15,17,19H,5-8,12-13,16H2,1-2H3,(H,24,28). The molecule has 1 unspecified atom stereocenters. The second-order valence-electron chi connectivity index (χ2n) is 7.36. The zero-order valence-corrected chi connectivity index (χ0v) is 17.6. The maximum absolute atomic E-state index is 5.81. The number of aromatic nitrogens is 2. The minimum Gasteiger partial charge on any atom is -0.497 e. The van der Waals surface area contributed by atoms with Gasteiger partial charge in [0.15, 0.2) is 5.11 Å². The number of imidazole rings is 1. The van der Waals surface area contributed by atoms with Crippen LogP contribution >= 0.6 is 12.2 Å². The summed E-state index contributed by atoms with van der Waals surface area (Å²) in [5, 5.41) is 4.26. The Balaban J connectivity index is 1.63. The van der Waals surface area contributed by atoms with Crippen LogP contribution in [0.25, 0.3) is 0 Å². The van der Waals surface area contributed by atoms with E-state index in [4.69, 9.17) is 17.0 Å². The van der Waals surface area contributed by atoms with Gasteiger partial charge in [0.05, 0.1) is 13.4 Å². The van der Waals surface area contributed by atoms with Crippen molar-refractivity contribution in [2.75, 3.05) is 25.5 Å². The van der Waals surface area contributed by atoms with E-state index in [9.17, 15) is 0 Å². The second kappa shape index (κ2) is 10.3. The lowest BCUT2D eigenvalue weighted by Gasteiger charge is -2.31. The van der Waals surface area contributed by atoms with E-state index in [0.717, 1.165) is 54.6 Å². The first-order valence-corrected chi connectivity index (χ1v) is 10.4. The fourth-order valence-corrected chi connectivity index (χ4v) is 3.85. The molecule has 28 heavy (non-hydrogen) atoms. The fraction of sp³-hybridized carbons (Fsp3) is 0.455. The minimum atomic E-state index is 0.662. The van der Waals surface area contributed by atoms with Crippen LogP contribution in [0.2, 0.25) is 0 Å². The van der Waals surface area contributed by atoms with Crippen molar-refractivity contribution >= 4 is 23.0 Å². The molecule has 0 amide bonds. The van der Waals surface area contributed by atoms with Gasteiger partial charge in [0.2, 0.25) is 0 Å². The number of nitrogens with one attached hydrogen (secondary N) is 1. The molecule has 0 saturated carbocycles. The molecule has 0 radical (unpaired) electrons. The molecule has 1 aromatic carbocycles. The van der Waals surface area contributed by atoms with Crippen molar-refractivity contribution in [1.29, 1.82) is 0 Å². The summed E-state index contributed by atoms with van der Waals surface area (Å²) in [5.74, 6) is 1.52. The van der Waals surface area contributed by atoms with Gasteiger partial charge in [0.1, 0.15) is 5.75 Å². The van der Waals surface area contributed by atoms with Crippen LogP contribution in [0, 0.1) is 12.8 Å². The average molecular weight is 399 g/mol. The number of rotatable bonds is 8. The zero-order chi connectivity index (χ0) is 19.8. The Morgan fingerprint density at radius 1 is 1.39 bits per heavy atom. The molecule has 0 aliphatic heterocycles. The van der Waals surface area contributed by atoms with Gasteiger partial charge in [-0.1, -0.05) is 12.2 Å². The van der Waals surface area contributed by atoms with Crippen LogP contribution in [0.5, 0.6) is 5.75 Å². The van der Waals surface area contributed by atoms with Crippen molar-refractivity contribution in [2.45, 2.75) is 39.2 Å². The van der Waals surface area contributed by atoms with Crippen molar-refractivity contribution in [3.8, 4) is 5.75 Å². The molecule has 0 fully saturated rings. The number of hydrogen-bond donors (Lipinski definition) is 1. The minimum absolute atomic E-state index is 0.662. The number of nitrogens with zero attached hydrogens (tertiary/aromatic N) is 3. The quantitative estimate of drug-likeness (QED) is 0.518. The molecule has 0 bridgehead atoms. The number of ether oxygens (including phenoxy) is 1. The van der Waals surface area contributed by atoms with Gasteiger partial charge in [-0.25, -0.2) is 4.98 Å². The third-order valence-electron chi connectivity index (χ3n) is 5.22. The van der Waals surface area contributed by atoms with E-state index in [1.54, 1.807) is 7.11 Å². The van der Waals surface area contributed by atoms with E-state index in [-0.39, 0.29) is 0 Å². The van der Waals surface area contributed by atoms with Crippen molar-refractivity contribution in [2.24, 2.45) is 5.92 Å². The molecule has 2 aromatic rings. The molecule has 6 heteroatoms. The summed E-state index contributed by atoms with van der Waals surface area (Å²) in [6.45, 7) is 4.95. The van der Waals surface area contributed by atoms with Gasteiger partial charge in [-0.15, -0.1) is 0 Å². The van der Waals surface area contributed by atoms with Gasteiger partial charge in [0, 0.05) is 37.7 Å². The lowest BCUT2D eigenvalue weighted by atomic mass is 9.94. The molecule has 1 heterocycles. The molecule has 1 aliphatic carbocycles. The van der Waals surface area contributed by atoms with Gasteiger partial charge in [-0.05, 0) is 74.5 Å². The number of benzene rings is 1. The molecule has 0 saturated heterocycles. The largest absolute Gasteiger partial charge is 0.497 e. The van der Waals surface area contributed by atoms with Crippen LogP contribution in [0.1, 0.15) is 31.2 Å². The Morgan fingerprint density at radius 3 is 2.96 bits per heavy atom. The second-order valence-corrected chi connectivity index (χ2v) is 7.75. The highest BCUT2D eigenvalue weighted by atomic mass is 32.1. The Hall–Kier alpha value is -2.34. The van der Waals surface area contributed by atoms with Crippen LogP contribution in [-0.4, -0.2) is 39.8 Å². The SMILES string of the molecule is COc1ccc(NC(=S)N(CCCn2ccnc2)CC2CC=CCC2)c(C)c1. The highest BCUT2D eigenvalue weighted by Crippen LogP contribution is 2.23. The zero-order valence-electron chi connectivity index (χ0n) is 16.8. The summed E-state index contributed by atoms with van der Waals surface area (Å²) in [4.78, 5) is 6.45. The molecule has 3 rings (SSSR count). The molecule has 1 aromatic heterocycles. The lowest BCUT2D eigenvalue weighted by molar-refractivity contribution is 0.316. The van der Waals surface area contributed by atoms with E-state index >= 15 is 0 Å². The third kappa shape index (κ3) is 5.83. The van der Waals surface area contributed by atoms with Gasteiger partial charge in [0.25, 0.3) is 0 Å². The summed E-state index contributed by atoms with van der Waals surface area (Å²) >= 11 is 5.81. The van der Waals surface area contributed by atoms with Crippen molar-refractivity contribution in [3.05, 3.63) is 54.6 Å². The number of hydrogen-bond acceptors (Lipinski definition) is 3. The molecule has 5 nitrogen and oxygen atoms in total. The average Bonchev–Trinajstić information content (AvgIpc) is 3.23. The Bertz CT molecular complexity index is 788. The number of allylic oxidation sites excluding steroid dienone is 2. The summed E-state index contributed by atoms with van der Waals surface area (Å²) in [6.07, 6.45) is 14.9. The predicted molar refractivity (Wildman–Crippen MR) is 119 cm³/mol. The van der Waals surface area contributed by atoms with Gasteiger partial charge >= 0.3 is 0 Å². The Labute approximate surface area is 173 Å². The van der Waals surface area contributed by atoms with E-state index in [2.05, 4.69) is 38.8 Å². The molecule has 150 valence electrons. The smallest absolute Gasteiger partial charge is 0.173 e. The van der Waals surface area contributed by atoms with Crippen LogP contribution in [0.15, 0.2) is 49.1 Å². The highest BCUT2D eigenvalue weighted by molar-refractivity contribution is 7.80. The highest BCUT2D eigenvalue weighted by Gasteiger charge is 2.18. The molecule has 0 spiro atoms. The normalized spacial score (nSPS) is 16.0. The maximum Gasteiger partial charge on any atom is 0.173 e. The van der Waals surface area contributed by atoms with E-state index < -0.39 is 0 Å². The van der Waals surface area contributed by atoms with Gasteiger partial charge < -0.3 is 19.5 Å². The first kappa shape index (κ1) is 20.4. The summed E-state index contributed by atoms with van der Waals surface area (Å²) in [7, 11) is 1.69. The van der Waals surface area contributed by atoms with Gasteiger partial charge in [-0.3, -0.25) is 0 Å². The summed E-state index contributed by atoms with van der Waals surface area (Å²) in [6, 6.07) is 6.03. The fourth-order valence-electron chi connectivity index (χ4n) is 3.57. The Morgan fingerprint density at radius 2 is 2.29 bits per heavy atom. The van der Waals surface area contributed by atoms with Crippen molar-refractivity contribution < 1.29 is 4.74 Å². The maximum atomic E-state index is 5.81.